The Kier molecular flexibility index (Phi) is 8.95. The number of hydrogen-bond donors (Lipinski definition) is 3. The number of rotatable bonds is 10. The van der Waals surface area contributed by atoms with E-state index in [0.717, 1.165) is 12.8 Å². The van der Waals surface area contributed by atoms with Gasteiger partial charge in [-0.25, -0.2) is 0 Å². The Hall–Kier alpha value is -1.30. The van der Waals surface area contributed by atoms with Gasteiger partial charge in [-0.3, -0.25) is 4.79 Å². The van der Waals surface area contributed by atoms with Crippen LogP contribution in [0.3, 0.4) is 0 Å². The predicted octanol–water partition coefficient (Wildman–Crippen LogP) is 1.47. The number of carbonyl (C=O) groups excluding carboxylic acids is 1. The van der Waals surface area contributed by atoms with E-state index in [1.165, 1.54) is 0 Å². The van der Waals surface area contributed by atoms with Crippen molar-refractivity contribution in [1.82, 2.24) is 5.32 Å². The van der Waals surface area contributed by atoms with Gasteiger partial charge in [0.2, 0.25) is 5.91 Å². The van der Waals surface area contributed by atoms with Crippen molar-refractivity contribution in [2.75, 3.05) is 19.8 Å². The van der Waals surface area contributed by atoms with Crippen LogP contribution in [-0.2, 0) is 9.53 Å². The lowest BCUT2D eigenvalue weighted by atomic mass is 9.80. The van der Waals surface area contributed by atoms with Gasteiger partial charge in [0.05, 0.1) is 6.61 Å². The van der Waals surface area contributed by atoms with Crippen LogP contribution in [0.4, 0.5) is 0 Å². The summed E-state index contributed by atoms with van der Waals surface area (Å²) in [5.74, 6) is -0.256. The minimum atomic E-state index is -0.932. The maximum Gasteiger partial charge on any atom is 0.234 e. The van der Waals surface area contributed by atoms with E-state index < -0.39 is 5.41 Å². The van der Waals surface area contributed by atoms with Crippen molar-refractivity contribution < 1.29 is 14.7 Å². The zero-order chi connectivity index (χ0) is 14.7. The van der Waals surface area contributed by atoms with Crippen LogP contribution < -0.4 is 11.1 Å². The summed E-state index contributed by atoms with van der Waals surface area (Å²) in [4.78, 5) is 12.2. The number of unbranched alkanes of at least 4 members (excludes halogenated alkanes) is 1. The zero-order valence-electron chi connectivity index (χ0n) is 12.2. The molecule has 0 saturated heterocycles. The third-order valence-electron chi connectivity index (χ3n) is 3.41. The highest BCUT2D eigenvalue weighted by atomic mass is 16.5. The molecule has 6 nitrogen and oxygen atoms in total. The number of amides is 1. The van der Waals surface area contributed by atoms with Gasteiger partial charge >= 0.3 is 0 Å². The Morgan fingerprint density at radius 3 is 2.42 bits per heavy atom. The van der Waals surface area contributed by atoms with Crippen molar-refractivity contribution >= 4 is 11.7 Å². The number of hydrogen-bond acceptors (Lipinski definition) is 4. The highest BCUT2D eigenvalue weighted by Gasteiger charge is 2.39. The maximum absolute atomic E-state index is 12.2. The quantitative estimate of drug-likeness (QED) is 0.185. The molecule has 19 heavy (non-hydrogen) atoms. The van der Waals surface area contributed by atoms with Crippen molar-refractivity contribution in [3.63, 3.8) is 0 Å². The van der Waals surface area contributed by atoms with E-state index in [4.69, 9.17) is 15.7 Å². The predicted molar refractivity (Wildman–Crippen MR) is 75.2 cm³/mol. The Morgan fingerprint density at radius 2 is 1.95 bits per heavy atom. The molecule has 0 fully saturated rings. The number of amidine groups is 1. The highest BCUT2D eigenvalue weighted by molar-refractivity contribution is 6.06. The van der Waals surface area contributed by atoms with E-state index in [1.54, 1.807) is 0 Å². The van der Waals surface area contributed by atoms with Gasteiger partial charge in [-0.1, -0.05) is 32.3 Å². The zero-order valence-corrected chi connectivity index (χ0v) is 12.2. The fraction of sp³-hybridized carbons (Fsp3) is 0.846. The minimum Gasteiger partial charge on any atom is -0.409 e. The van der Waals surface area contributed by atoms with Gasteiger partial charge in [0.1, 0.15) is 5.41 Å². The van der Waals surface area contributed by atoms with Gasteiger partial charge in [-0.2, -0.15) is 0 Å². The summed E-state index contributed by atoms with van der Waals surface area (Å²) in [6.45, 7) is 7.41. The molecule has 0 aromatic rings. The molecule has 4 N–H and O–H groups in total. The van der Waals surface area contributed by atoms with Gasteiger partial charge in [-0.15, -0.1) is 0 Å². The molecule has 0 atom stereocenters. The summed E-state index contributed by atoms with van der Waals surface area (Å²) in [5.41, 5.74) is 4.72. The third-order valence-corrected chi connectivity index (χ3v) is 3.41. The van der Waals surface area contributed by atoms with Crippen LogP contribution in [0.2, 0.25) is 0 Å². The molecular formula is C13H27N3O3. The first kappa shape index (κ1) is 17.7. The number of carbonyl (C=O) groups is 1. The fourth-order valence-electron chi connectivity index (χ4n) is 1.90. The molecule has 0 aromatic carbocycles. The molecule has 6 heteroatoms. The Labute approximate surface area is 115 Å². The average molecular weight is 273 g/mol. The van der Waals surface area contributed by atoms with Crippen LogP contribution in [0.15, 0.2) is 5.16 Å². The van der Waals surface area contributed by atoms with Crippen LogP contribution in [0, 0.1) is 5.41 Å². The molecule has 0 spiro atoms. The summed E-state index contributed by atoms with van der Waals surface area (Å²) in [6.07, 6.45) is 3.08. The third kappa shape index (κ3) is 5.06. The number of oxime groups is 1. The molecule has 0 aliphatic rings. The first-order valence-corrected chi connectivity index (χ1v) is 6.93. The SMILES string of the molecule is CCCCOCCNC(=O)C(CC)(CC)C(N)=NO. The first-order chi connectivity index (χ1) is 9.08. The molecule has 0 aliphatic carbocycles. The molecule has 0 aliphatic heterocycles. The molecule has 1 amide bonds. The molecule has 0 saturated carbocycles. The highest BCUT2D eigenvalue weighted by Crippen LogP contribution is 2.26. The summed E-state index contributed by atoms with van der Waals surface area (Å²) in [5, 5.41) is 14.6. The standard InChI is InChI=1S/C13H27N3O3/c1-4-7-9-19-10-8-15-12(17)13(5-2,6-3)11(14)16-18/h18H,4-10H2,1-3H3,(H2,14,16)(H,15,17). The molecule has 0 bridgehead atoms. The lowest BCUT2D eigenvalue weighted by Crippen LogP contribution is -2.49. The molecule has 0 unspecified atom stereocenters. The lowest BCUT2D eigenvalue weighted by Gasteiger charge is -2.28. The van der Waals surface area contributed by atoms with E-state index in [2.05, 4.69) is 17.4 Å². The van der Waals surface area contributed by atoms with Crippen LogP contribution in [0.25, 0.3) is 0 Å². The van der Waals surface area contributed by atoms with Crippen LogP contribution in [0.1, 0.15) is 46.5 Å². The number of nitrogens with one attached hydrogen (secondary N) is 1. The number of ether oxygens (including phenoxy) is 1. The average Bonchev–Trinajstić information content (AvgIpc) is 2.44. The largest absolute Gasteiger partial charge is 0.409 e. The van der Waals surface area contributed by atoms with Crippen LogP contribution in [-0.4, -0.2) is 36.7 Å². The van der Waals surface area contributed by atoms with Gasteiger partial charge in [0.15, 0.2) is 5.84 Å². The summed E-state index contributed by atoms with van der Waals surface area (Å²) in [6, 6.07) is 0. The second-order valence-electron chi connectivity index (χ2n) is 4.50. The van der Waals surface area contributed by atoms with Crippen LogP contribution in [0.5, 0.6) is 0 Å². The van der Waals surface area contributed by atoms with E-state index in [1.807, 2.05) is 13.8 Å². The Morgan fingerprint density at radius 1 is 1.32 bits per heavy atom. The normalized spacial score (nSPS) is 12.5. The topological polar surface area (TPSA) is 96.9 Å². The molecule has 0 radical (unpaired) electrons. The van der Waals surface area contributed by atoms with E-state index in [0.29, 0.717) is 32.6 Å². The van der Waals surface area contributed by atoms with Crippen molar-refractivity contribution in [3.05, 3.63) is 0 Å². The van der Waals surface area contributed by atoms with Crippen molar-refractivity contribution in [2.45, 2.75) is 46.5 Å². The molecular weight excluding hydrogens is 246 g/mol. The van der Waals surface area contributed by atoms with Gasteiger partial charge < -0.3 is 21.0 Å². The summed E-state index contributed by atoms with van der Waals surface area (Å²) < 4.78 is 5.37. The molecule has 0 heterocycles. The molecule has 112 valence electrons. The second kappa shape index (κ2) is 9.61. The van der Waals surface area contributed by atoms with Crippen LogP contribution >= 0.6 is 0 Å². The fourth-order valence-corrected chi connectivity index (χ4v) is 1.90. The van der Waals surface area contributed by atoms with Gasteiger partial charge in [0.25, 0.3) is 0 Å². The number of nitrogens with zero attached hydrogens (tertiary/aromatic N) is 1. The monoisotopic (exact) mass is 273 g/mol. The van der Waals surface area contributed by atoms with Gasteiger partial charge in [0, 0.05) is 13.2 Å². The summed E-state index contributed by atoms with van der Waals surface area (Å²) >= 11 is 0. The van der Waals surface area contributed by atoms with E-state index in [9.17, 15) is 4.79 Å². The molecule has 0 aromatic heterocycles. The smallest absolute Gasteiger partial charge is 0.234 e. The van der Waals surface area contributed by atoms with Crippen molar-refractivity contribution in [2.24, 2.45) is 16.3 Å². The first-order valence-electron chi connectivity index (χ1n) is 6.93. The maximum atomic E-state index is 12.2. The van der Waals surface area contributed by atoms with E-state index >= 15 is 0 Å². The Balaban J connectivity index is 4.28. The molecule has 0 rings (SSSR count). The second-order valence-corrected chi connectivity index (χ2v) is 4.50. The van der Waals surface area contributed by atoms with Crippen molar-refractivity contribution in [1.29, 1.82) is 0 Å². The number of nitrogens with two attached hydrogens (primary N) is 1. The minimum absolute atomic E-state index is 0.0399. The summed E-state index contributed by atoms with van der Waals surface area (Å²) in [7, 11) is 0. The Bertz CT molecular complexity index is 289. The van der Waals surface area contributed by atoms with Gasteiger partial charge in [-0.05, 0) is 19.3 Å². The van der Waals surface area contributed by atoms with E-state index in [-0.39, 0.29) is 11.7 Å². The lowest BCUT2D eigenvalue weighted by molar-refractivity contribution is -0.128. The van der Waals surface area contributed by atoms with Crippen molar-refractivity contribution in [3.8, 4) is 0 Å².